The lowest BCUT2D eigenvalue weighted by molar-refractivity contribution is -0.139. The maximum Gasteiger partial charge on any atom is 0.228 e. The van der Waals surface area contributed by atoms with Gasteiger partial charge in [0, 0.05) is 18.5 Å². The van der Waals surface area contributed by atoms with E-state index in [0.717, 1.165) is 0 Å². The Kier molecular flexibility index (Phi) is 3.65. The standard InChI is InChI=1S/C12H24N2O2/c1-11(2,3)10(15)14-7-6-12(16,9-14)8-13(4)5/h16H,6-9H2,1-5H3/t12-/m1/s1. The van der Waals surface area contributed by atoms with Crippen molar-refractivity contribution < 1.29 is 9.90 Å². The maximum absolute atomic E-state index is 12.0. The van der Waals surface area contributed by atoms with E-state index in [4.69, 9.17) is 0 Å². The number of carbonyl (C=O) groups excluding carboxylic acids is 1. The number of likely N-dealkylation sites (tertiary alicyclic amines) is 1. The van der Waals surface area contributed by atoms with Crippen molar-refractivity contribution in [2.45, 2.75) is 32.8 Å². The minimum absolute atomic E-state index is 0.127. The van der Waals surface area contributed by atoms with E-state index in [9.17, 15) is 9.90 Å². The molecule has 1 atom stereocenters. The van der Waals surface area contributed by atoms with Crippen LogP contribution in [0.4, 0.5) is 0 Å². The topological polar surface area (TPSA) is 43.8 Å². The van der Waals surface area contributed by atoms with Crippen molar-refractivity contribution in [1.29, 1.82) is 0 Å². The fourth-order valence-corrected chi connectivity index (χ4v) is 2.22. The molecule has 0 aromatic rings. The zero-order valence-corrected chi connectivity index (χ0v) is 11.1. The van der Waals surface area contributed by atoms with E-state index in [1.54, 1.807) is 4.90 Å². The first-order chi connectivity index (χ1) is 7.14. The molecule has 16 heavy (non-hydrogen) atoms. The summed E-state index contributed by atoms with van der Waals surface area (Å²) in [7, 11) is 3.87. The summed E-state index contributed by atoms with van der Waals surface area (Å²) in [4.78, 5) is 15.8. The average molecular weight is 228 g/mol. The van der Waals surface area contributed by atoms with Crippen LogP contribution >= 0.6 is 0 Å². The third kappa shape index (κ3) is 3.19. The Hall–Kier alpha value is -0.610. The van der Waals surface area contributed by atoms with E-state index in [1.807, 2.05) is 39.8 Å². The SMILES string of the molecule is CN(C)C[C@]1(O)CCN(C(=O)C(C)(C)C)C1. The molecule has 1 saturated heterocycles. The lowest BCUT2D eigenvalue weighted by Gasteiger charge is -2.29. The van der Waals surface area contributed by atoms with Crippen LogP contribution in [0.5, 0.6) is 0 Å². The van der Waals surface area contributed by atoms with Gasteiger partial charge in [0.05, 0.1) is 12.1 Å². The van der Waals surface area contributed by atoms with Gasteiger partial charge in [0.15, 0.2) is 0 Å². The number of rotatable bonds is 2. The zero-order valence-electron chi connectivity index (χ0n) is 11.1. The van der Waals surface area contributed by atoms with E-state index < -0.39 is 5.60 Å². The number of carbonyl (C=O) groups is 1. The lowest BCUT2D eigenvalue weighted by Crippen LogP contribution is -2.45. The molecule has 0 saturated carbocycles. The highest BCUT2D eigenvalue weighted by Gasteiger charge is 2.40. The van der Waals surface area contributed by atoms with Crippen molar-refractivity contribution >= 4 is 5.91 Å². The predicted octanol–water partition coefficient (Wildman–Crippen LogP) is 0.557. The zero-order chi connectivity index (χ0) is 12.6. The number of hydrogen-bond donors (Lipinski definition) is 1. The second-order valence-corrected chi connectivity index (χ2v) is 6.19. The molecule has 1 rings (SSSR count). The van der Waals surface area contributed by atoms with Crippen LogP contribution in [-0.2, 0) is 4.79 Å². The summed E-state index contributed by atoms with van der Waals surface area (Å²) >= 11 is 0. The van der Waals surface area contributed by atoms with Crippen molar-refractivity contribution in [3.8, 4) is 0 Å². The van der Waals surface area contributed by atoms with Gasteiger partial charge in [0.2, 0.25) is 5.91 Å². The molecule has 4 heteroatoms. The summed E-state index contributed by atoms with van der Waals surface area (Å²) in [6, 6.07) is 0. The van der Waals surface area contributed by atoms with E-state index >= 15 is 0 Å². The highest BCUT2D eigenvalue weighted by atomic mass is 16.3. The Morgan fingerprint density at radius 3 is 2.44 bits per heavy atom. The molecule has 1 aliphatic rings. The largest absolute Gasteiger partial charge is 0.387 e. The molecule has 0 aromatic carbocycles. The first-order valence-corrected chi connectivity index (χ1v) is 5.81. The number of likely N-dealkylation sites (N-methyl/N-ethyl adjacent to an activating group) is 1. The summed E-state index contributed by atoms with van der Waals surface area (Å²) in [5, 5.41) is 10.3. The van der Waals surface area contributed by atoms with Gasteiger partial charge in [0.25, 0.3) is 0 Å². The van der Waals surface area contributed by atoms with Gasteiger partial charge in [-0.05, 0) is 20.5 Å². The molecule has 1 heterocycles. The number of hydrogen-bond acceptors (Lipinski definition) is 3. The highest BCUT2D eigenvalue weighted by Crippen LogP contribution is 2.26. The van der Waals surface area contributed by atoms with E-state index in [1.165, 1.54) is 0 Å². The van der Waals surface area contributed by atoms with Gasteiger partial charge in [-0.3, -0.25) is 4.79 Å². The number of nitrogens with zero attached hydrogens (tertiary/aromatic N) is 2. The van der Waals surface area contributed by atoms with Gasteiger partial charge < -0.3 is 14.9 Å². The molecule has 1 aliphatic heterocycles. The monoisotopic (exact) mass is 228 g/mol. The normalized spacial score (nSPS) is 26.6. The van der Waals surface area contributed by atoms with Crippen LogP contribution in [0.1, 0.15) is 27.2 Å². The Morgan fingerprint density at radius 1 is 1.44 bits per heavy atom. The first-order valence-electron chi connectivity index (χ1n) is 5.81. The Morgan fingerprint density at radius 2 is 2.00 bits per heavy atom. The predicted molar refractivity (Wildman–Crippen MR) is 64.2 cm³/mol. The molecule has 0 unspecified atom stereocenters. The van der Waals surface area contributed by atoms with Crippen molar-refractivity contribution in [2.75, 3.05) is 33.7 Å². The Labute approximate surface area is 98.2 Å². The summed E-state index contributed by atoms with van der Waals surface area (Å²) in [6.07, 6.45) is 0.674. The van der Waals surface area contributed by atoms with Gasteiger partial charge >= 0.3 is 0 Å². The smallest absolute Gasteiger partial charge is 0.228 e. The molecule has 0 radical (unpaired) electrons. The van der Waals surface area contributed by atoms with Crippen molar-refractivity contribution in [3.05, 3.63) is 0 Å². The first kappa shape index (κ1) is 13.5. The number of aliphatic hydroxyl groups is 1. The fraction of sp³-hybridized carbons (Fsp3) is 0.917. The van der Waals surface area contributed by atoms with Gasteiger partial charge in [-0.2, -0.15) is 0 Å². The molecule has 1 amide bonds. The van der Waals surface area contributed by atoms with E-state index in [2.05, 4.69) is 0 Å². The molecule has 1 fully saturated rings. The summed E-state index contributed by atoms with van der Waals surface area (Å²) in [5.41, 5.74) is -1.09. The van der Waals surface area contributed by atoms with E-state index in [-0.39, 0.29) is 11.3 Å². The summed E-state index contributed by atoms with van der Waals surface area (Å²) in [5.74, 6) is 0.127. The average Bonchev–Trinajstić information content (AvgIpc) is 2.43. The van der Waals surface area contributed by atoms with E-state index in [0.29, 0.717) is 26.1 Å². The Balaban J connectivity index is 2.62. The van der Waals surface area contributed by atoms with Crippen LogP contribution in [0.25, 0.3) is 0 Å². The van der Waals surface area contributed by atoms with Crippen LogP contribution in [0, 0.1) is 5.41 Å². The molecule has 0 bridgehead atoms. The molecule has 0 aromatic heterocycles. The molecule has 94 valence electrons. The van der Waals surface area contributed by atoms with Gasteiger partial charge in [-0.1, -0.05) is 20.8 Å². The number of amides is 1. The van der Waals surface area contributed by atoms with Gasteiger partial charge in [-0.15, -0.1) is 0 Å². The van der Waals surface area contributed by atoms with Gasteiger partial charge in [0.1, 0.15) is 0 Å². The van der Waals surface area contributed by atoms with Gasteiger partial charge in [-0.25, -0.2) is 0 Å². The van der Waals surface area contributed by atoms with Crippen LogP contribution in [-0.4, -0.2) is 60.1 Å². The summed E-state index contributed by atoms with van der Waals surface area (Å²) < 4.78 is 0. The van der Waals surface area contributed by atoms with Crippen LogP contribution < -0.4 is 0 Å². The molecule has 0 aliphatic carbocycles. The maximum atomic E-state index is 12.0. The number of β-amino-alcohol motifs (C(OH)–C–C–N with tert-alkyl or cyclic N) is 1. The third-order valence-corrected chi connectivity index (χ3v) is 2.87. The molecular weight excluding hydrogens is 204 g/mol. The lowest BCUT2D eigenvalue weighted by atomic mass is 9.95. The molecular formula is C12H24N2O2. The minimum atomic E-state index is -0.732. The van der Waals surface area contributed by atoms with Crippen molar-refractivity contribution in [3.63, 3.8) is 0 Å². The van der Waals surface area contributed by atoms with Crippen LogP contribution in [0.3, 0.4) is 0 Å². The third-order valence-electron chi connectivity index (χ3n) is 2.87. The summed E-state index contributed by atoms with van der Waals surface area (Å²) in [6.45, 7) is 7.48. The Bertz CT molecular complexity index is 271. The van der Waals surface area contributed by atoms with Crippen molar-refractivity contribution in [1.82, 2.24) is 9.80 Å². The molecule has 0 spiro atoms. The van der Waals surface area contributed by atoms with Crippen LogP contribution in [0.2, 0.25) is 0 Å². The molecule has 1 N–H and O–H groups in total. The second kappa shape index (κ2) is 4.34. The quantitative estimate of drug-likeness (QED) is 0.751. The fourth-order valence-electron chi connectivity index (χ4n) is 2.22. The van der Waals surface area contributed by atoms with Crippen molar-refractivity contribution in [2.24, 2.45) is 5.41 Å². The second-order valence-electron chi connectivity index (χ2n) is 6.19. The highest BCUT2D eigenvalue weighted by molar-refractivity contribution is 5.81. The molecule has 4 nitrogen and oxygen atoms in total. The van der Waals surface area contributed by atoms with Crippen LogP contribution in [0.15, 0.2) is 0 Å². The minimum Gasteiger partial charge on any atom is -0.387 e.